The summed E-state index contributed by atoms with van der Waals surface area (Å²) >= 11 is 0. The van der Waals surface area contributed by atoms with E-state index in [-0.39, 0.29) is 17.4 Å². The number of amides is 1. The van der Waals surface area contributed by atoms with Crippen molar-refractivity contribution in [3.8, 4) is 11.5 Å². The summed E-state index contributed by atoms with van der Waals surface area (Å²) in [5, 5.41) is 13.0. The van der Waals surface area contributed by atoms with Crippen LogP contribution >= 0.6 is 0 Å². The van der Waals surface area contributed by atoms with Gasteiger partial charge in [-0.2, -0.15) is 0 Å². The molecular formula is C17H20N2O3. The fraction of sp³-hybridized carbons (Fsp3) is 0.235. The predicted molar refractivity (Wildman–Crippen MR) is 84.9 cm³/mol. The van der Waals surface area contributed by atoms with Gasteiger partial charge in [-0.3, -0.25) is 4.79 Å². The van der Waals surface area contributed by atoms with Gasteiger partial charge in [-0.05, 0) is 24.6 Å². The van der Waals surface area contributed by atoms with Crippen molar-refractivity contribution >= 4 is 5.91 Å². The molecule has 0 saturated heterocycles. The van der Waals surface area contributed by atoms with Gasteiger partial charge in [-0.1, -0.05) is 30.3 Å². The Bertz CT molecular complexity index is 629. The van der Waals surface area contributed by atoms with Crippen molar-refractivity contribution < 1.29 is 14.6 Å². The van der Waals surface area contributed by atoms with Crippen LogP contribution in [0.25, 0.3) is 0 Å². The van der Waals surface area contributed by atoms with E-state index in [1.54, 1.807) is 6.07 Å². The van der Waals surface area contributed by atoms with Crippen molar-refractivity contribution in [2.45, 2.75) is 19.5 Å². The average molecular weight is 300 g/mol. The minimum Gasteiger partial charge on any atom is -0.507 e. The van der Waals surface area contributed by atoms with Crippen molar-refractivity contribution in [1.82, 2.24) is 5.32 Å². The summed E-state index contributed by atoms with van der Waals surface area (Å²) in [5.41, 5.74) is 6.42. The Morgan fingerprint density at radius 2 is 2.00 bits per heavy atom. The second kappa shape index (κ2) is 7.47. The number of rotatable bonds is 7. The van der Waals surface area contributed by atoms with Crippen LogP contribution in [0, 0.1) is 0 Å². The van der Waals surface area contributed by atoms with Crippen molar-refractivity contribution in [2.75, 3.05) is 6.61 Å². The van der Waals surface area contributed by atoms with E-state index in [1.165, 1.54) is 17.7 Å². The van der Waals surface area contributed by atoms with Gasteiger partial charge in [0, 0.05) is 18.7 Å². The van der Waals surface area contributed by atoms with Crippen LogP contribution in [0.1, 0.15) is 22.8 Å². The van der Waals surface area contributed by atoms with Gasteiger partial charge in [0.25, 0.3) is 5.91 Å². The predicted octanol–water partition coefficient (Wildman–Crippen LogP) is 2.05. The van der Waals surface area contributed by atoms with Gasteiger partial charge in [0.15, 0.2) is 0 Å². The van der Waals surface area contributed by atoms with Crippen molar-refractivity contribution in [3.63, 3.8) is 0 Å². The van der Waals surface area contributed by atoms with E-state index in [4.69, 9.17) is 10.5 Å². The molecule has 0 aromatic heterocycles. The third kappa shape index (κ3) is 4.49. The summed E-state index contributed by atoms with van der Waals surface area (Å²) in [6, 6.07) is 14.7. The highest BCUT2D eigenvalue weighted by molar-refractivity contribution is 5.95. The molecule has 22 heavy (non-hydrogen) atoms. The number of carbonyl (C=O) groups excluding carboxylic acids is 1. The highest BCUT2D eigenvalue weighted by atomic mass is 16.5. The van der Waals surface area contributed by atoms with Crippen LogP contribution in [0.2, 0.25) is 0 Å². The van der Waals surface area contributed by atoms with Gasteiger partial charge >= 0.3 is 0 Å². The number of benzene rings is 2. The Kier molecular flexibility index (Phi) is 5.38. The molecule has 5 nitrogen and oxygen atoms in total. The van der Waals surface area contributed by atoms with E-state index >= 15 is 0 Å². The van der Waals surface area contributed by atoms with Gasteiger partial charge in [0.2, 0.25) is 0 Å². The molecule has 0 spiro atoms. The second-order valence-corrected chi connectivity index (χ2v) is 5.12. The topological polar surface area (TPSA) is 84.6 Å². The lowest BCUT2D eigenvalue weighted by Gasteiger charge is -2.15. The molecule has 116 valence electrons. The number of nitrogens with two attached hydrogens (primary N) is 1. The first-order valence-electron chi connectivity index (χ1n) is 7.09. The number of ether oxygens (including phenoxy) is 1. The summed E-state index contributed by atoms with van der Waals surface area (Å²) in [7, 11) is 0. The lowest BCUT2D eigenvalue weighted by molar-refractivity contribution is 0.0997. The fourth-order valence-electron chi connectivity index (χ4n) is 1.98. The molecule has 5 heteroatoms. The first-order valence-corrected chi connectivity index (χ1v) is 7.09. The number of phenols is 1. The van der Waals surface area contributed by atoms with Gasteiger partial charge < -0.3 is 20.9 Å². The molecular weight excluding hydrogens is 280 g/mol. The summed E-state index contributed by atoms with van der Waals surface area (Å²) in [6.45, 7) is 3.22. The Morgan fingerprint density at radius 1 is 1.27 bits per heavy atom. The molecule has 0 saturated carbocycles. The third-order valence-electron chi connectivity index (χ3n) is 3.23. The van der Waals surface area contributed by atoms with Crippen molar-refractivity contribution in [1.29, 1.82) is 0 Å². The normalized spacial score (nSPS) is 11.9. The van der Waals surface area contributed by atoms with Crippen LogP contribution in [0.3, 0.4) is 0 Å². The van der Waals surface area contributed by atoms with Crippen LogP contribution in [0.15, 0.2) is 48.5 Å². The summed E-state index contributed by atoms with van der Waals surface area (Å²) in [6.07, 6.45) is 0. The average Bonchev–Trinajstić information content (AvgIpc) is 2.51. The second-order valence-electron chi connectivity index (χ2n) is 5.12. The van der Waals surface area contributed by atoms with Gasteiger partial charge in [0.05, 0.1) is 5.56 Å². The molecule has 0 radical (unpaired) electrons. The number of hydrogen-bond acceptors (Lipinski definition) is 4. The molecule has 1 unspecified atom stereocenters. The van der Waals surface area contributed by atoms with E-state index < -0.39 is 5.91 Å². The number of primary amides is 1. The quantitative estimate of drug-likeness (QED) is 0.730. The first kappa shape index (κ1) is 15.9. The lowest BCUT2D eigenvalue weighted by atomic mass is 10.2. The molecule has 4 N–H and O–H groups in total. The zero-order valence-corrected chi connectivity index (χ0v) is 12.5. The van der Waals surface area contributed by atoms with E-state index in [2.05, 4.69) is 17.4 Å². The summed E-state index contributed by atoms with van der Waals surface area (Å²) in [5.74, 6) is -0.340. The van der Waals surface area contributed by atoms with Crippen LogP contribution in [0.4, 0.5) is 0 Å². The zero-order chi connectivity index (χ0) is 15.9. The molecule has 2 rings (SSSR count). The molecule has 0 bridgehead atoms. The standard InChI is InChI=1S/C17H20N2O3/c1-12(19-10-13-5-3-2-4-6-13)11-22-14-7-8-15(17(18)21)16(20)9-14/h2-9,12,19-20H,10-11H2,1H3,(H2,18,21). The minimum absolute atomic E-state index is 0.0857. The molecule has 0 aliphatic carbocycles. The number of carbonyl (C=O) groups is 1. The molecule has 0 fully saturated rings. The molecule has 0 aliphatic heterocycles. The first-order chi connectivity index (χ1) is 10.6. The smallest absolute Gasteiger partial charge is 0.252 e. The number of nitrogens with one attached hydrogen (secondary N) is 1. The Morgan fingerprint density at radius 3 is 2.64 bits per heavy atom. The van der Waals surface area contributed by atoms with E-state index in [1.807, 2.05) is 25.1 Å². The van der Waals surface area contributed by atoms with Crippen LogP contribution < -0.4 is 15.8 Å². The number of aromatic hydroxyl groups is 1. The van der Waals surface area contributed by atoms with E-state index in [0.717, 1.165) is 6.54 Å². The van der Waals surface area contributed by atoms with Crippen molar-refractivity contribution in [3.05, 3.63) is 59.7 Å². The van der Waals surface area contributed by atoms with Gasteiger partial charge in [-0.25, -0.2) is 0 Å². The molecule has 1 amide bonds. The third-order valence-corrected chi connectivity index (χ3v) is 3.23. The molecule has 2 aromatic carbocycles. The van der Waals surface area contributed by atoms with Crippen molar-refractivity contribution in [2.24, 2.45) is 5.73 Å². The SMILES string of the molecule is CC(COc1ccc(C(N)=O)c(O)c1)NCc1ccccc1. The maximum absolute atomic E-state index is 11.0. The van der Waals surface area contributed by atoms with E-state index in [9.17, 15) is 9.90 Å². The Hall–Kier alpha value is -2.53. The Labute approximate surface area is 129 Å². The van der Waals surface area contributed by atoms with Gasteiger partial charge in [-0.15, -0.1) is 0 Å². The largest absolute Gasteiger partial charge is 0.507 e. The maximum Gasteiger partial charge on any atom is 0.252 e. The molecule has 2 aromatic rings. The molecule has 0 aliphatic rings. The highest BCUT2D eigenvalue weighted by Crippen LogP contribution is 2.23. The summed E-state index contributed by atoms with van der Waals surface area (Å²) < 4.78 is 5.60. The zero-order valence-electron chi connectivity index (χ0n) is 12.5. The number of hydrogen-bond donors (Lipinski definition) is 3. The molecule has 1 atom stereocenters. The van der Waals surface area contributed by atoms with Crippen LogP contribution in [0.5, 0.6) is 11.5 Å². The van der Waals surface area contributed by atoms with Crippen LogP contribution in [-0.4, -0.2) is 23.7 Å². The molecule has 0 heterocycles. The maximum atomic E-state index is 11.0. The Balaban J connectivity index is 1.82. The highest BCUT2D eigenvalue weighted by Gasteiger charge is 2.09. The fourth-order valence-corrected chi connectivity index (χ4v) is 1.98. The van der Waals surface area contributed by atoms with Gasteiger partial charge in [0.1, 0.15) is 18.1 Å². The monoisotopic (exact) mass is 300 g/mol. The minimum atomic E-state index is -0.665. The summed E-state index contributed by atoms with van der Waals surface area (Å²) in [4.78, 5) is 11.0. The van der Waals surface area contributed by atoms with Crippen LogP contribution in [-0.2, 0) is 6.54 Å². The van der Waals surface area contributed by atoms with E-state index in [0.29, 0.717) is 12.4 Å². The lowest BCUT2D eigenvalue weighted by Crippen LogP contribution is -2.31.